The molecule has 0 spiro atoms. The molecule has 2 aromatic rings. The number of rotatable bonds is 13. The molecule has 13 nitrogen and oxygen atoms in total. The zero-order valence-corrected chi connectivity index (χ0v) is 22.1. The monoisotopic (exact) mass is 513 g/mol. The summed E-state index contributed by atoms with van der Waals surface area (Å²) in [6.45, 7) is 11.8. The van der Waals surface area contributed by atoms with Crippen molar-refractivity contribution in [3.63, 3.8) is 0 Å². The van der Waals surface area contributed by atoms with Crippen molar-refractivity contribution < 1.29 is 29.1 Å². The molecule has 3 atom stereocenters. The molecule has 0 amide bonds. The summed E-state index contributed by atoms with van der Waals surface area (Å²) in [6, 6.07) is -3.21. The van der Waals surface area contributed by atoms with Gasteiger partial charge in [0.2, 0.25) is 7.44 Å². The van der Waals surface area contributed by atoms with Gasteiger partial charge in [-0.1, -0.05) is 0 Å². The van der Waals surface area contributed by atoms with Crippen molar-refractivity contribution in [1.82, 2.24) is 28.9 Å². The van der Waals surface area contributed by atoms with Gasteiger partial charge in [0.25, 0.3) is 0 Å². The number of aliphatic carboxylic acids is 2. The predicted octanol–water partition coefficient (Wildman–Crippen LogP) is 2.33. The van der Waals surface area contributed by atoms with Crippen LogP contribution in [0.4, 0.5) is 5.82 Å². The Morgan fingerprint density at radius 2 is 1.51 bits per heavy atom. The van der Waals surface area contributed by atoms with Gasteiger partial charge in [-0.2, -0.15) is 0 Å². The number of fused-ring (bicyclic) bond motifs is 1. The summed E-state index contributed by atoms with van der Waals surface area (Å²) in [6.07, 6.45) is 2.01. The lowest BCUT2D eigenvalue weighted by atomic mass is 10.3. The zero-order valence-electron chi connectivity index (χ0n) is 21.2. The largest absolute Gasteiger partial charge is 0.480 e. The molecule has 0 radical (unpaired) electrons. The van der Waals surface area contributed by atoms with Crippen molar-refractivity contribution in [3.8, 4) is 0 Å². The Kier molecular flexibility index (Phi) is 9.35. The Hall–Kier alpha value is -2.60. The highest BCUT2D eigenvalue weighted by atomic mass is 31.2. The third kappa shape index (κ3) is 6.16. The van der Waals surface area contributed by atoms with E-state index in [1.54, 1.807) is 45.5 Å². The Balaban J connectivity index is 2.42. The summed E-state index contributed by atoms with van der Waals surface area (Å²) in [7, 11) is -3.86. The number of nitrogens with two attached hydrogens (primary N) is 1. The van der Waals surface area contributed by atoms with Crippen molar-refractivity contribution in [2.75, 3.05) is 12.1 Å². The molecule has 0 bridgehead atoms. The molecule has 0 aliphatic heterocycles. The van der Waals surface area contributed by atoms with Crippen LogP contribution in [-0.4, -0.2) is 87.6 Å². The molecular formula is C21H36N7O6P. The minimum absolute atomic E-state index is 0.247. The van der Waals surface area contributed by atoms with Crippen molar-refractivity contribution in [2.45, 2.75) is 85.3 Å². The molecule has 0 saturated heterocycles. The van der Waals surface area contributed by atoms with E-state index >= 15 is 0 Å². The molecule has 0 aromatic carbocycles. The minimum Gasteiger partial charge on any atom is -0.480 e. The van der Waals surface area contributed by atoms with E-state index in [1.807, 2.05) is 0 Å². The van der Waals surface area contributed by atoms with E-state index in [4.69, 9.17) is 10.5 Å². The minimum atomic E-state index is -3.86. The van der Waals surface area contributed by atoms with Gasteiger partial charge in [-0.05, 0) is 48.5 Å². The Labute approximate surface area is 204 Å². The highest BCUT2D eigenvalue weighted by molar-refractivity contribution is 7.59. The highest BCUT2D eigenvalue weighted by Gasteiger charge is 2.48. The maximum absolute atomic E-state index is 14.7. The lowest BCUT2D eigenvalue weighted by molar-refractivity contribution is -0.141. The van der Waals surface area contributed by atoms with Gasteiger partial charge in [-0.25, -0.2) is 24.3 Å². The molecule has 2 rings (SSSR count). The van der Waals surface area contributed by atoms with Gasteiger partial charge in [-0.15, -0.1) is 0 Å². The molecule has 4 N–H and O–H groups in total. The van der Waals surface area contributed by atoms with Crippen LogP contribution < -0.4 is 5.73 Å². The van der Waals surface area contributed by atoms with Gasteiger partial charge in [0.15, 0.2) is 11.5 Å². The molecule has 196 valence electrons. The van der Waals surface area contributed by atoms with Crippen LogP contribution in [0.1, 0.15) is 48.5 Å². The lowest BCUT2D eigenvalue weighted by Crippen LogP contribution is -2.51. The molecule has 14 heteroatoms. The van der Waals surface area contributed by atoms with E-state index in [0.717, 1.165) is 0 Å². The second kappa shape index (κ2) is 11.4. The van der Waals surface area contributed by atoms with Crippen molar-refractivity contribution in [2.24, 2.45) is 0 Å². The zero-order chi connectivity index (χ0) is 26.7. The number of hydrogen-bond acceptors (Lipinski definition) is 8. The predicted molar refractivity (Wildman–Crippen MR) is 131 cm³/mol. The first kappa shape index (κ1) is 28.6. The molecule has 0 fully saturated rings. The van der Waals surface area contributed by atoms with Crippen LogP contribution in [0.25, 0.3) is 11.2 Å². The second-order valence-corrected chi connectivity index (χ2v) is 11.6. The normalized spacial score (nSPS) is 15.3. The van der Waals surface area contributed by atoms with Gasteiger partial charge in [0.05, 0.1) is 19.0 Å². The number of carboxylic acid groups (broad SMARTS) is 2. The molecule has 2 heterocycles. The van der Waals surface area contributed by atoms with Crippen LogP contribution in [0.2, 0.25) is 0 Å². The van der Waals surface area contributed by atoms with Gasteiger partial charge in [0.1, 0.15) is 30.3 Å². The van der Waals surface area contributed by atoms with E-state index in [2.05, 4.69) is 15.0 Å². The summed E-state index contributed by atoms with van der Waals surface area (Å²) < 4.78 is 25.2. The number of aromatic nitrogens is 4. The summed E-state index contributed by atoms with van der Waals surface area (Å²) in [4.78, 5) is 36.2. The highest BCUT2D eigenvalue weighted by Crippen LogP contribution is 2.57. The standard InChI is InChI=1S/C21H36N7O6P/c1-12(2)27(15(6)20(29)30)35(33,28(13(3)4)16(7)21(31)32)11-34-14(5)8-26-10-25-17-18(22)23-9-24-19(17)26/h9-10,12-16H,8,11H2,1-7H3,(H,29,30)(H,31,32)(H2,22,23,24)/t14-,15+,16+/m1/s1. The summed E-state index contributed by atoms with van der Waals surface area (Å²) in [5, 5.41) is 19.5. The fourth-order valence-corrected chi connectivity index (χ4v) is 7.90. The second-order valence-electron chi connectivity index (χ2n) is 9.08. The number of anilines is 1. The number of nitrogens with zero attached hydrogens (tertiary/aromatic N) is 6. The number of hydrogen-bond donors (Lipinski definition) is 3. The van der Waals surface area contributed by atoms with Gasteiger partial charge < -0.3 is 25.3 Å². The molecule has 0 unspecified atom stereocenters. The van der Waals surface area contributed by atoms with E-state index < -0.39 is 49.7 Å². The fourth-order valence-electron chi connectivity index (χ4n) is 4.22. The van der Waals surface area contributed by atoms with Crippen LogP contribution in [0, 0.1) is 0 Å². The van der Waals surface area contributed by atoms with Crippen LogP contribution in [-0.2, 0) is 25.4 Å². The van der Waals surface area contributed by atoms with Crippen LogP contribution in [0.5, 0.6) is 0 Å². The molecule has 35 heavy (non-hydrogen) atoms. The Bertz CT molecular complexity index is 1060. The van der Waals surface area contributed by atoms with Crippen LogP contribution in [0.3, 0.4) is 0 Å². The van der Waals surface area contributed by atoms with E-state index in [1.165, 1.54) is 29.5 Å². The van der Waals surface area contributed by atoms with Gasteiger partial charge >= 0.3 is 11.9 Å². The van der Waals surface area contributed by atoms with Crippen LogP contribution in [0.15, 0.2) is 12.7 Å². The van der Waals surface area contributed by atoms with Crippen molar-refractivity contribution in [1.29, 1.82) is 0 Å². The smallest absolute Gasteiger partial charge is 0.321 e. The first-order valence-corrected chi connectivity index (χ1v) is 13.2. The van der Waals surface area contributed by atoms with E-state index in [9.17, 15) is 24.4 Å². The summed E-state index contributed by atoms with van der Waals surface area (Å²) in [5.41, 5.74) is 6.81. The first-order chi connectivity index (χ1) is 16.2. The average Bonchev–Trinajstić information content (AvgIpc) is 3.15. The number of imidazole rings is 1. The average molecular weight is 514 g/mol. The number of ether oxygens (including phenoxy) is 1. The SMILES string of the molecule is CC(C)N([C@@H](C)C(=O)O)P(=O)(CO[C@H](C)Cn1cnc2c(N)ncnc21)N(C(C)C)[C@@H](C)C(=O)O. The van der Waals surface area contributed by atoms with Crippen molar-refractivity contribution in [3.05, 3.63) is 12.7 Å². The Morgan fingerprint density at radius 1 is 1.00 bits per heavy atom. The summed E-state index contributed by atoms with van der Waals surface area (Å²) >= 11 is 0. The maximum Gasteiger partial charge on any atom is 0.321 e. The van der Waals surface area contributed by atoms with Crippen molar-refractivity contribution >= 4 is 36.4 Å². The Morgan fingerprint density at radius 3 is 1.97 bits per heavy atom. The summed E-state index contributed by atoms with van der Waals surface area (Å²) in [5.74, 6) is -2.08. The number of carbonyl (C=O) groups is 2. The first-order valence-electron chi connectivity index (χ1n) is 11.4. The van der Waals surface area contributed by atoms with E-state index in [-0.39, 0.29) is 12.2 Å². The van der Waals surface area contributed by atoms with Gasteiger partial charge in [0, 0.05) is 12.1 Å². The fraction of sp³-hybridized carbons (Fsp3) is 0.667. The lowest BCUT2D eigenvalue weighted by Gasteiger charge is -2.46. The molecule has 0 saturated carbocycles. The third-order valence-corrected chi connectivity index (χ3v) is 9.24. The number of carboxylic acids is 2. The molecule has 0 aliphatic carbocycles. The maximum atomic E-state index is 14.7. The van der Waals surface area contributed by atoms with Gasteiger partial charge in [-0.3, -0.25) is 14.2 Å². The molecule has 0 aliphatic rings. The van der Waals surface area contributed by atoms with Crippen LogP contribution >= 0.6 is 7.44 Å². The topological polar surface area (TPSA) is 177 Å². The molecular weight excluding hydrogens is 477 g/mol. The third-order valence-electron chi connectivity index (χ3n) is 5.70. The molecule has 2 aromatic heterocycles. The quantitative estimate of drug-likeness (QED) is 0.334. The number of nitrogen functional groups attached to an aromatic ring is 1. The van der Waals surface area contributed by atoms with E-state index in [0.29, 0.717) is 17.7 Å².